The Bertz CT molecular complexity index is 660. The molecule has 1 amide bonds. The Morgan fingerprint density at radius 1 is 1.26 bits per heavy atom. The number of aromatic amines is 1. The van der Waals surface area contributed by atoms with Crippen molar-refractivity contribution in [2.75, 3.05) is 5.32 Å². The van der Waals surface area contributed by atoms with Crippen LogP contribution in [0.25, 0.3) is 11.5 Å². The third-order valence-electron chi connectivity index (χ3n) is 2.38. The van der Waals surface area contributed by atoms with E-state index in [1.165, 1.54) is 12.7 Å². The molecule has 1 aromatic carbocycles. The number of hydrogen-bond acceptors (Lipinski definition) is 6. The van der Waals surface area contributed by atoms with Gasteiger partial charge in [-0.1, -0.05) is 0 Å². The Labute approximate surface area is 106 Å². The quantitative estimate of drug-likeness (QED) is 0.726. The third kappa shape index (κ3) is 2.32. The number of carbonyl (C=O) groups excluding carboxylic acids is 1. The van der Waals surface area contributed by atoms with E-state index in [-0.39, 0.29) is 11.7 Å². The minimum Gasteiger partial charge on any atom is -0.423 e. The summed E-state index contributed by atoms with van der Waals surface area (Å²) in [7, 11) is 0. The average Bonchev–Trinajstić information content (AvgIpc) is 3.13. The van der Waals surface area contributed by atoms with Crippen LogP contribution in [-0.4, -0.2) is 31.3 Å². The van der Waals surface area contributed by atoms with Crippen LogP contribution in [0.2, 0.25) is 0 Å². The molecule has 0 radical (unpaired) electrons. The molecule has 8 heteroatoms. The lowest BCUT2D eigenvalue weighted by molar-refractivity contribution is 0.101. The van der Waals surface area contributed by atoms with Gasteiger partial charge in [0.15, 0.2) is 0 Å². The number of carbonyl (C=O) groups is 1. The Kier molecular flexibility index (Phi) is 2.73. The standard InChI is InChI=1S/C11H8N6O2/c18-10(9-12-5-13-16-9)15-8-3-1-7(2-4-8)11-17-14-6-19-11/h1-6H,(H,15,18)(H,12,13,16). The van der Waals surface area contributed by atoms with Crippen LogP contribution in [0, 0.1) is 0 Å². The number of H-pyrrole nitrogens is 1. The fraction of sp³-hybridized carbons (Fsp3) is 0. The number of nitrogens with one attached hydrogen (secondary N) is 2. The van der Waals surface area contributed by atoms with Crippen LogP contribution in [0.1, 0.15) is 10.6 Å². The SMILES string of the molecule is O=C(Nc1ccc(-c2nnco2)cc1)c1ncn[nH]1. The number of anilines is 1. The highest BCUT2D eigenvalue weighted by molar-refractivity contribution is 6.01. The number of rotatable bonds is 3. The van der Waals surface area contributed by atoms with Gasteiger partial charge in [-0.3, -0.25) is 9.89 Å². The molecule has 0 saturated heterocycles. The molecule has 94 valence electrons. The van der Waals surface area contributed by atoms with Crippen molar-refractivity contribution >= 4 is 11.6 Å². The van der Waals surface area contributed by atoms with Gasteiger partial charge in [0, 0.05) is 11.3 Å². The first-order chi connectivity index (χ1) is 9.33. The molecule has 0 atom stereocenters. The molecule has 0 spiro atoms. The lowest BCUT2D eigenvalue weighted by atomic mass is 10.2. The maximum Gasteiger partial charge on any atom is 0.292 e. The summed E-state index contributed by atoms with van der Waals surface area (Å²) in [4.78, 5) is 15.5. The summed E-state index contributed by atoms with van der Waals surface area (Å²) >= 11 is 0. The first-order valence-corrected chi connectivity index (χ1v) is 5.36. The number of amides is 1. The smallest absolute Gasteiger partial charge is 0.292 e. The molecule has 2 heterocycles. The summed E-state index contributed by atoms with van der Waals surface area (Å²) in [6.07, 6.45) is 2.53. The van der Waals surface area contributed by atoms with Crippen molar-refractivity contribution in [3.63, 3.8) is 0 Å². The molecule has 0 saturated carbocycles. The fourth-order valence-corrected chi connectivity index (χ4v) is 1.50. The van der Waals surface area contributed by atoms with Gasteiger partial charge in [0.25, 0.3) is 5.91 Å². The Balaban J connectivity index is 1.75. The van der Waals surface area contributed by atoms with Gasteiger partial charge in [-0.15, -0.1) is 10.2 Å². The zero-order valence-electron chi connectivity index (χ0n) is 9.57. The van der Waals surface area contributed by atoms with Crippen molar-refractivity contribution in [1.29, 1.82) is 0 Å². The van der Waals surface area contributed by atoms with Crippen molar-refractivity contribution in [1.82, 2.24) is 25.4 Å². The summed E-state index contributed by atoms with van der Waals surface area (Å²) < 4.78 is 5.07. The molecule has 3 aromatic rings. The van der Waals surface area contributed by atoms with E-state index in [1.807, 2.05) is 0 Å². The molecule has 0 unspecified atom stereocenters. The van der Waals surface area contributed by atoms with Crippen molar-refractivity contribution in [3.05, 3.63) is 42.8 Å². The molecule has 0 aliphatic heterocycles. The van der Waals surface area contributed by atoms with Crippen LogP contribution < -0.4 is 5.32 Å². The zero-order chi connectivity index (χ0) is 13.1. The van der Waals surface area contributed by atoms with E-state index in [1.54, 1.807) is 24.3 Å². The molecule has 0 aliphatic rings. The molecule has 0 bridgehead atoms. The highest BCUT2D eigenvalue weighted by atomic mass is 16.4. The maximum absolute atomic E-state index is 11.7. The predicted molar refractivity (Wildman–Crippen MR) is 64.1 cm³/mol. The molecule has 8 nitrogen and oxygen atoms in total. The highest BCUT2D eigenvalue weighted by Gasteiger charge is 2.09. The van der Waals surface area contributed by atoms with Crippen LogP contribution in [0.4, 0.5) is 5.69 Å². The topological polar surface area (TPSA) is 110 Å². The summed E-state index contributed by atoms with van der Waals surface area (Å²) in [6, 6.07) is 6.99. The van der Waals surface area contributed by atoms with E-state index in [0.29, 0.717) is 11.6 Å². The largest absolute Gasteiger partial charge is 0.423 e. The van der Waals surface area contributed by atoms with Crippen molar-refractivity contribution in [2.45, 2.75) is 0 Å². The van der Waals surface area contributed by atoms with Crippen LogP contribution >= 0.6 is 0 Å². The molecule has 2 aromatic heterocycles. The van der Waals surface area contributed by atoms with E-state index in [2.05, 4.69) is 30.7 Å². The highest BCUT2D eigenvalue weighted by Crippen LogP contribution is 2.18. The van der Waals surface area contributed by atoms with Crippen LogP contribution in [0.15, 0.2) is 41.4 Å². The summed E-state index contributed by atoms with van der Waals surface area (Å²) in [6.45, 7) is 0. The predicted octanol–water partition coefficient (Wildman–Crippen LogP) is 1.11. The average molecular weight is 256 g/mol. The van der Waals surface area contributed by atoms with Crippen LogP contribution in [0.3, 0.4) is 0 Å². The van der Waals surface area contributed by atoms with Crippen LogP contribution in [-0.2, 0) is 0 Å². The van der Waals surface area contributed by atoms with Gasteiger partial charge < -0.3 is 9.73 Å². The van der Waals surface area contributed by atoms with E-state index >= 15 is 0 Å². The van der Waals surface area contributed by atoms with Gasteiger partial charge >= 0.3 is 0 Å². The van der Waals surface area contributed by atoms with Gasteiger partial charge in [0.05, 0.1) is 0 Å². The molecule has 2 N–H and O–H groups in total. The number of aromatic nitrogens is 5. The summed E-state index contributed by atoms with van der Waals surface area (Å²) in [5.41, 5.74) is 1.40. The van der Waals surface area contributed by atoms with E-state index in [4.69, 9.17) is 4.42 Å². The Morgan fingerprint density at radius 2 is 2.11 bits per heavy atom. The number of benzene rings is 1. The normalized spacial score (nSPS) is 10.3. The Morgan fingerprint density at radius 3 is 2.74 bits per heavy atom. The lowest BCUT2D eigenvalue weighted by Gasteiger charge is -2.03. The molecule has 3 rings (SSSR count). The maximum atomic E-state index is 11.7. The second kappa shape index (κ2) is 4.69. The second-order valence-electron chi connectivity index (χ2n) is 3.61. The number of nitrogens with zero attached hydrogens (tertiary/aromatic N) is 4. The van der Waals surface area contributed by atoms with Crippen molar-refractivity contribution in [2.24, 2.45) is 0 Å². The fourth-order valence-electron chi connectivity index (χ4n) is 1.50. The lowest BCUT2D eigenvalue weighted by Crippen LogP contribution is -2.13. The number of hydrogen-bond donors (Lipinski definition) is 2. The van der Waals surface area contributed by atoms with Gasteiger partial charge in [-0.05, 0) is 24.3 Å². The molecular weight excluding hydrogens is 248 g/mol. The van der Waals surface area contributed by atoms with Gasteiger partial charge in [0.2, 0.25) is 18.1 Å². The third-order valence-corrected chi connectivity index (χ3v) is 2.38. The summed E-state index contributed by atoms with van der Waals surface area (Å²) in [5.74, 6) is 0.220. The minimum absolute atomic E-state index is 0.154. The van der Waals surface area contributed by atoms with Gasteiger partial charge in [-0.25, -0.2) is 4.98 Å². The summed E-state index contributed by atoms with van der Waals surface area (Å²) in [5, 5.41) is 16.2. The second-order valence-corrected chi connectivity index (χ2v) is 3.61. The van der Waals surface area contributed by atoms with Crippen molar-refractivity contribution in [3.8, 4) is 11.5 Å². The minimum atomic E-state index is -0.358. The molecule has 0 aliphatic carbocycles. The molecule has 19 heavy (non-hydrogen) atoms. The van der Waals surface area contributed by atoms with Gasteiger partial charge in [0.1, 0.15) is 6.33 Å². The molecular formula is C11H8N6O2. The van der Waals surface area contributed by atoms with E-state index < -0.39 is 0 Å². The van der Waals surface area contributed by atoms with Crippen molar-refractivity contribution < 1.29 is 9.21 Å². The van der Waals surface area contributed by atoms with Gasteiger partial charge in [-0.2, -0.15) is 5.10 Å². The first-order valence-electron chi connectivity index (χ1n) is 5.36. The molecule has 0 fully saturated rings. The van der Waals surface area contributed by atoms with E-state index in [0.717, 1.165) is 5.56 Å². The monoisotopic (exact) mass is 256 g/mol. The van der Waals surface area contributed by atoms with E-state index in [9.17, 15) is 4.79 Å². The van der Waals surface area contributed by atoms with Crippen LogP contribution in [0.5, 0.6) is 0 Å². The first kappa shape index (κ1) is 11.1. The Hall–Kier alpha value is -3.03. The zero-order valence-corrected chi connectivity index (χ0v) is 9.57.